The maximum absolute atomic E-state index is 11.4. The minimum atomic E-state index is -0.195. The van der Waals surface area contributed by atoms with Gasteiger partial charge in [0.15, 0.2) is 0 Å². The number of aromatic nitrogens is 2. The topological polar surface area (TPSA) is 55.0 Å². The fourth-order valence-corrected chi connectivity index (χ4v) is 2.52. The zero-order valence-corrected chi connectivity index (χ0v) is 13.0. The number of hydrogen-bond donors (Lipinski definition) is 1. The van der Waals surface area contributed by atoms with E-state index >= 15 is 0 Å². The average Bonchev–Trinajstić information content (AvgIpc) is 2.97. The van der Waals surface area contributed by atoms with E-state index in [0.717, 1.165) is 28.0 Å². The van der Waals surface area contributed by atoms with Gasteiger partial charge in [0.2, 0.25) is 0 Å². The van der Waals surface area contributed by atoms with Crippen molar-refractivity contribution < 1.29 is 9.53 Å². The van der Waals surface area contributed by atoms with E-state index < -0.39 is 0 Å². The lowest BCUT2D eigenvalue weighted by atomic mass is 10.2. The van der Waals surface area contributed by atoms with E-state index in [2.05, 4.69) is 9.97 Å². The van der Waals surface area contributed by atoms with Crippen molar-refractivity contribution in [3.8, 4) is 11.4 Å². The van der Waals surface area contributed by atoms with Crippen molar-refractivity contribution in [2.24, 2.45) is 0 Å². The fourth-order valence-electron chi connectivity index (χ4n) is 2.20. The molecule has 0 amide bonds. The van der Waals surface area contributed by atoms with Crippen molar-refractivity contribution in [2.75, 3.05) is 12.0 Å². The van der Waals surface area contributed by atoms with Crippen molar-refractivity contribution >= 4 is 28.8 Å². The minimum absolute atomic E-state index is 0.195. The predicted molar refractivity (Wildman–Crippen MR) is 89.7 cm³/mol. The highest BCUT2D eigenvalue weighted by atomic mass is 32.2. The molecule has 0 radical (unpaired) electrons. The Kier molecular flexibility index (Phi) is 4.44. The third-order valence-corrected chi connectivity index (χ3v) is 3.78. The van der Waals surface area contributed by atoms with Crippen LogP contribution >= 0.6 is 11.8 Å². The molecule has 1 N–H and O–H groups in total. The van der Waals surface area contributed by atoms with E-state index in [1.54, 1.807) is 0 Å². The second kappa shape index (κ2) is 6.66. The van der Waals surface area contributed by atoms with Crippen LogP contribution in [-0.4, -0.2) is 27.9 Å². The highest BCUT2D eigenvalue weighted by molar-refractivity contribution is 7.99. The van der Waals surface area contributed by atoms with Gasteiger partial charge >= 0.3 is 5.97 Å². The van der Waals surface area contributed by atoms with Crippen LogP contribution in [-0.2, 0) is 16.1 Å². The molecule has 2 aromatic carbocycles. The third kappa shape index (κ3) is 3.31. The van der Waals surface area contributed by atoms with Gasteiger partial charge in [-0.05, 0) is 24.0 Å². The Morgan fingerprint density at radius 3 is 2.82 bits per heavy atom. The summed E-state index contributed by atoms with van der Waals surface area (Å²) in [4.78, 5) is 19.3. The van der Waals surface area contributed by atoms with Crippen LogP contribution in [0.15, 0.2) is 48.5 Å². The van der Waals surface area contributed by atoms with E-state index in [4.69, 9.17) is 4.74 Å². The van der Waals surface area contributed by atoms with Crippen LogP contribution in [0.2, 0.25) is 0 Å². The Bertz CT molecular complexity index is 784. The summed E-state index contributed by atoms with van der Waals surface area (Å²) in [5.41, 5.74) is 3.83. The molecule has 22 heavy (non-hydrogen) atoms. The molecule has 0 aliphatic carbocycles. The first-order valence-corrected chi connectivity index (χ1v) is 8.34. The maximum Gasteiger partial charge on any atom is 0.316 e. The SMILES string of the molecule is CSCC(=O)OCc1ccc2[nH]c(-c3ccccc3)nc2c1. The van der Waals surface area contributed by atoms with Gasteiger partial charge in [0.05, 0.1) is 16.8 Å². The first kappa shape index (κ1) is 14.7. The molecule has 3 rings (SSSR count). The number of esters is 1. The lowest BCUT2D eigenvalue weighted by Crippen LogP contribution is -2.06. The number of rotatable bonds is 5. The second-order valence-corrected chi connectivity index (χ2v) is 5.76. The predicted octanol–water partition coefficient (Wildman–Crippen LogP) is 3.64. The molecule has 0 bridgehead atoms. The summed E-state index contributed by atoms with van der Waals surface area (Å²) in [5.74, 6) is 1.02. The minimum Gasteiger partial charge on any atom is -0.460 e. The molecule has 0 atom stereocenters. The van der Waals surface area contributed by atoms with Crippen LogP contribution in [0, 0.1) is 0 Å². The van der Waals surface area contributed by atoms with Gasteiger partial charge in [0.1, 0.15) is 12.4 Å². The number of benzene rings is 2. The van der Waals surface area contributed by atoms with Gasteiger partial charge in [-0.25, -0.2) is 4.98 Å². The average molecular weight is 312 g/mol. The lowest BCUT2D eigenvalue weighted by molar-refractivity contribution is -0.141. The zero-order chi connectivity index (χ0) is 15.4. The number of H-pyrrole nitrogens is 1. The summed E-state index contributed by atoms with van der Waals surface area (Å²) >= 11 is 1.46. The van der Waals surface area contributed by atoms with E-state index in [0.29, 0.717) is 5.75 Å². The van der Waals surface area contributed by atoms with Gasteiger partial charge in [-0.3, -0.25) is 4.79 Å². The Balaban J connectivity index is 1.80. The van der Waals surface area contributed by atoms with Gasteiger partial charge in [-0.2, -0.15) is 11.8 Å². The first-order chi connectivity index (χ1) is 10.8. The second-order valence-electron chi connectivity index (χ2n) is 4.90. The molecule has 5 heteroatoms. The fraction of sp³-hybridized carbons (Fsp3) is 0.176. The molecule has 3 aromatic rings. The number of thioether (sulfide) groups is 1. The van der Waals surface area contributed by atoms with Gasteiger partial charge in [-0.1, -0.05) is 36.4 Å². The molecule has 0 aliphatic rings. The number of aromatic amines is 1. The number of carbonyl (C=O) groups is 1. The summed E-state index contributed by atoms with van der Waals surface area (Å²) in [7, 11) is 0. The molecule has 0 spiro atoms. The number of carbonyl (C=O) groups excluding carboxylic acids is 1. The Morgan fingerprint density at radius 2 is 2.05 bits per heavy atom. The maximum atomic E-state index is 11.4. The third-order valence-electron chi connectivity index (χ3n) is 3.26. The van der Waals surface area contributed by atoms with Gasteiger partial charge in [0.25, 0.3) is 0 Å². The highest BCUT2D eigenvalue weighted by Crippen LogP contribution is 2.21. The molecular formula is C17H16N2O2S. The van der Waals surface area contributed by atoms with E-state index in [1.807, 2.05) is 54.8 Å². The normalized spacial score (nSPS) is 10.8. The van der Waals surface area contributed by atoms with Crippen molar-refractivity contribution in [1.29, 1.82) is 0 Å². The van der Waals surface area contributed by atoms with Crippen molar-refractivity contribution in [2.45, 2.75) is 6.61 Å². The van der Waals surface area contributed by atoms with E-state index in [1.165, 1.54) is 11.8 Å². The molecule has 1 aromatic heterocycles. The number of ether oxygens (including phenoxy) is 1. The van der Waals surface area contributed by atoms with Gasteiger partial charge in [-0.15, -0.1) is 0 Å². The molecule has 0 aliphatic heterocycles. The van der Waals surface area contributed by atoms with E-state index in [9.17, 15) is 4.79 Å². The number of nitrogens with one attached hydrogen (secondary N) is 1. The first-order valence-electron chi connectivity index (χ1n) is 6.95. The van der Waals surface area contributed by atoms with Gasteiger partial charge in [0, 0.05) is 5.56 Å². The van der Waals surface area contributed by atoms with Crippen LogP contribution in [0.1, 0.15) is 5.56 Å². The summed E-state index contributed by atoms with van der Waals surface area (Å²) < 4.78 is 5.21. The largest absolute Gasteiger partial charge is 0.460 e. The summed E-state index contributed by atoms with van der Waals surface area (Å²) in [6.07, 6.45) is 1.88. The molecule has 4 nitrogen and oxygen atoms in total. The molecule has 0 saturated carbocycles. The lowest BCUT2D eigenvalue weighted by Gasteiger charge is -2.03. The molecule has 1 heterocycles. The molecule has 0 fully saturated rings. The Labute approximate surface area is 132 Å². The van der Waals surface area contributed by atoms with Crippen LogP contribution in [0.5, 0.6) is 0 Å². The Hall–Kier alpha value is -2.27. The van der Waals surface area contributed by atoms with Crippen LogP contribution in [0.4, 0.5) is 0 Å². The standard InChI is InChI=1S/C17H16N2O2S/c1-22-11-16(20)21-10-12-7-8-14-15(9-12)19-17(18-14)13-5-3-2-4-6-13/h2-9H,10-11H2,1H3,(H,18,19). The van der Waals surface area contributed by atoms with Crippen LogP contribution in [0.25, 0.3) is 22.4 Å². The summed E-state index contributed by atoms with van der Waals surface area (Å²) in [5, 5.41) is 0. The van der Waals surface area contributed by atoms with Crippen molar-refractivity contribution in [1.82, 2.24) is 9.97 Å². The van der Waals surface area contributed by atoms with Crippen molar-refractivity contribution in [3.63, 3.8) is 0 Å². The monoisotopic (exact) mass is 312 g/mol. The summed E-state index contributed by atoms with van der Waals surface area (Å²) in [6, 6.07) is 15.8. The van der Waals surface area contributed by atoms with Crippen LogP contribution in [0.3, 0.4) is 0 Å². The smallest absolute Gasteiger partial charge is 0.316 e. The number of fused-ring (bicyclic) bond motifs is 1. The molecular weight excluding hydrogens is 296 g/mol. The summed E-state index contributed by atoms with van der Waals surface area (Å²) in [6.45, 7) is 0.281. The molecule has 112 valence electrons. The van der Waals surface area contributed by atoms with E-state index in [-0.39, 0.29) is 12.6 Å². The van der Waals surface area contributed by atoms with Gasteiger partial charge < -0.3 is 9.72 Å². The molecule has 0 saturated heterocycles. The number of hydrogen-bond acceptors (Lipinski definition) is 4. The van der Waals surface area contributed by atoms with Crippen molar-refractivity contribution in [3.05, 3.63) is 54.1 Å². The quantitative estimate of drug-likeness (QED) is 0.731. The highest BCUT2D eigenvalue weighted by Gasteiger charge is 2.07. The molecule has 0 unspecified atom stereocenters. The van der Waals surface area contributed by atoms with Crippen LogP contribution < -0.4 is 0 Å². The number of imidazole rings is 1. The Morgan fingerprint density at radius 1 is 1.23 bits per heavy atom. The number of nitrogens with zero attached hydrogens (tertiary/aromatic N) is 1. The zero-order valence-electron chi connectivity index (χ0n) is 12.2.